The van der Waals surface area contributed by atoms with E-state index in [0.29, 0.717) is 17.1 Å². The number of hydrogen-bond donors (Lipinski definition) is 0. The third kappa shape index (κ3) is 1.90. The fourth-order valence-corrected chi connectivity index (χ4v) is 7.97. The number of carbonyl (C=O) groups excluding carboxylic acids is 1. The molecular weight excluding hydrogens is 324 g/mol. The molecule has 7 atom stereocenters. The van der Waals surface area contributed by atoms with Gasteiger partial charge in [0.15, 0.2) is 5.78 Å². The van der Waals surface area contributed by atoms with Crippen molar-refractivity contribution < 1.29 is 4.79 Å². The van der Waals surface area contributed by atoms with Crippen LogP contribution in [-0.4, -0.2) is 10.6 Å². The first-order chi connectivity index (χ1) is 9.97. The molecule has 0 heterocycles. The predicted octanol–water partition coefficient (Wildman–Crippen LogP) is 5.36. The minimum Gasteiger partial charge on any atom is -0.298 e. The topological polar surface area (TPSA) is 17.1 Å². The Balaban J connectivity index is 1.67. The first-order valence-corrected chi connectivity index (χ1v) is 10.1. The van der Waals surface area contributed by atoms with E-state index in [0.717, 1.165) is 30.6 Å². The maximum Gasteiger partial charge on any atom is 0.152 e. The number of rotatable bonds is 0. The summed E-state index contributed by atoms with van der Waals surface area (Å²) in [6.07, 6.45) is 12.2. The molecule has 4 aliphatic carbocycles. The zero-order valence-corrected chi connectivity index (χ0v) is 15.1. The second kappa shape index (κ2) is 4.82. The van der Waals surface area contributed by atoms with Gasteiger partial charge in [-0.05, 0) is 74.0 Å². The van der Waals surface area contributed by atoms with Crippen molar-refractivity contribution in [3.63, 3.8) is 0 Å². The average Bonchev–Trinajstić information content (AvgIpc) is 2.70. The Morgan fingerprint density at radius 2 is 1.81 bits per heavy atom. The maximum atomic E-state index is 12.7. The van der Waals surface area contributed by atoms with Crippen molar-refractivity contribution >= 4 is 21.7 Å². The van der Waals surface area contributed by atoms with Crippen molar-refractivity contribution in [2.24, 2.45) is 34.5 Å². The highest BCUT2D eigenvalue weighted by molar-refractivity contribution is 9.10. The largest absolute Gasteiger partial charge is 0.298 e. The Kier molecular flexibility index (Phi) is 3.38. The van der Waals surface area contributed by atoms with Gasteiger partial charge in [0.25, 0.3) is 0 Å². The predicted molar refractivity (Wildman–Crippen MR) is 89.4 cm³/mol. The summed E-state index contributed by atoms with van der Waals surface area (Å²) in [6.45, 7) is 4.89. The summed E-state index contributed by atoms with van der Waals surface area (Å²) < 4.78 is 0. The number of ketones is 1. The molecule has 4 fully saturated rings. The Bertz CT molecular complexity index is 460. The summed E-state index contributed by atoms with van der Waals surface area (Å²) in [5.41, 5.74) is 0.586. The van der Waals surface area contributed by atoms with E-state index in [1.165, 1.54) is 44.9 Å². The molecule has 0 radical (unpaired) electrons. The van der Waals surface area contributed by atoms with Crippen molar-refractivity contribution in [1.29, 1.82) is 0 Å². The molecule has 0 aliphatic heterocycles. The minimum absolute atomic E-state index is 0.00675. The number of carbonyl (C=O) groups is 1. The molecule has 21 heavy (non-hydrogen) atoms. The zero-order valence-electron chi connectivity index (χ0n) is 13.5. The SMILES string of the molecule is C[C@]12CCCC[C@@H]1CC[C@H]1[C@H]2CC[C@]2(C)C(=O)[C@H](Br)C[C@@H]12. The summed E-state index contributed by atoms with van der Waals surface area (Å²) in [6, 6.07) is 0. The summed E-state index contributed by atoms with van der Waals surface area (Å²) in [4.78, 5) is 12.8. The van der Waals surface area contributed by atoms with Crippen LogP contribution in [0.15, 0.2) is 0 Å². The van der Waals surface area contributed by atoms with E-state index in [2.05, 4.69) is 29.8 Å². The molecular formula is C19H29BrO. The van der Waals surface area contributed by atoms with Crippen molar-refractivity contribution in [3.8, 4) is 0 Å². The van der Waals surface area contributed by atoms with Crippen LogP contribution in [0.4, 0.5) is 0 Å². The number of alkyl halides is 1. The smallest absolute Gasteiger partial charge is 0.152 e. The lowest BCUT2D eigenvalue weighted by Crippen LogP contribution is -2.52. The highest BCUT2D eigenvalue weighted by Gasteiger charge is 2.61. The van der Waals surface area contributed by atoms with Gasteiger partial charge in [0.05, 0.1) is 4.83 Å². The molecule has 118 valence electrons. The van der Waals surface area contributed by atoms with Crippen LogP contribution >= 0.6 is 15.9 Å². The first-order valence-electron chi connectivity index (χ1n) is 9.15. The van der Waals surface area contributed by atoms with Crippen LogP contribution in [0.5, 0.6) is 0 Å². The van der Waals surface area contributed by atoms with Gasteiger partial charge in [0, 0.05) is 5.41 Å². The fourth-order valence-electron chi connectivity index (χ4n) is 7.04. The lowest BCUT2D eigenvalue weighted by molar-refractivity contribution is -0.138. The molecule has 4 aliphatic rings. The Labute approximate surface area is 137 Å². The number of Topliss-reactive ketones (excluding diaryl/α,β-unsaturated/α-hetero) is 1. The summed E-state index contributed by atoms with van der Waals surface area (Å²) in [5.74, 6) is 3.89. The lowest BCUT2D eigenvalue weighted by Gasteiger charge is -2.59. The summed E-state index contributed by atoms with van der Waals surface area (Å²) in [5, 5.41) is 0. The van der Waals surface area contributed by atoms with Crippen molar-refractivity contribution in [3.05, 3.63) is 0 Å². The molecule has 0 saturated heterocycles. The molecule has 4 rings (SSSR count). The quantitative estimate of drug-likeness (QED) is 0.536. The van der Waals surface area contributed by atoms with Gasteiger partial charge < -0.3 is 0 Å². The van der Waals surface area contributed by atoms with E-state index in [9.17, 15) is 4.79 Å². The number of halogens is 1. The molecule has 2 heteroatoms. The Morgan fingerprint density at radius 1 is 1.00 bits per heavy atom. The third-order valence-corrected chi connectivity index (χ3v) is 9.07. The van der Waals surface area contributed by atoms with Gasteiger partial charge in [-0.3, -0.25) is 4.79 Å². The van der Waals surface area contributed by atoms with Gasteiger partial charge in [-0.2, -0.15) is 0 Å². The zero-order chi connectivity index (χ0) is 14.8. The van der Waals surface area contributed by atoms with Crippen LogP contribution in [0, 0.1) is 34.5 Å². The maximum absolute atomic E-state index is 12.7. The van der Waals surface area contributed by atoms with Crippen LogP contribution in [0.25, 0.3) is 0 Å². The van der Waals surface area contributed by atoms with Crippen molar-refractivity contribution in [1.82, 2.24) is 0 Å². The summed E-state index contributed by atoms with van der Waals surface area (Å²) in [7, 11) is 0. The molecule has 0 aromatic heterocycles. The lowest BCUT2D eigenvalue weighted by atomic mass is 9.45. The molecule has 0 unspecified atom stereocenters. The van der Waals surface area contributed by atoms with E-state index >= 15 is 0 Å². The van der Waals surface area contributed by atoms with Crippen LogP contribution < -0.4 is 0 Å². The highest BCUT2D eigenvalue weighted by Crippen LogP contribution is 2.65. The first kappa shape index (κ1) is 14.7. The molecule has 0 aromatic carbocycles. The van der Waals surface area contributed by atoms with E-state index in [4.69, 9.17) is 0 Å². The van der Waals surface area contributed by atoms with Gasteiger partial charge in [0.1, 0.15) is 0 Å². The Morgan fingerprint density at radius 3 is 2.62 bits per heavy atom. The Hall–Kier alpha value is 0.150. The van der Waals surface area contributed by atoms with Crippen molar-refractivity contribution in [2.75, 3.05) is 0 Å². The highest BCUT2D eigenvalue weighted by atomic mass is 79.9. The second-order valence-electron chi connectivity index (χ2n) is 8.93. The molecule has 1 nitrogen and oxygen atoms in total. The second-order valence-corrected chi connectivity index (χ2v) is 10.0. The van der Waals surface area contributed by atoms with E-state index < -0.39 is 0 Å². The molecule has 0 aromatic rings. The van der Waals surface area contributed by atoms with Gasteiger partial charge in [-0.25, -0.2) is 0 Å². The summed E-state index contributed by atoms with van der Waals surface area (Å²) >= 11 is 3.68. The van der Waals surface area contributed by atoms with E-state index in [1.807, 2.05) is 0 Å². The van der Waals surface area contributed by atoms with Gasteiger partial charge in [-0.1, -0.05) is 42.6 Å². The van der Waals surface area contributed by atoms with Crippen LogP contribution in [0.2, 0.25) is 0 Å². The number of hydrogen-bond acceptors (Lipinski definition) is 1. The normalized spacial score (nSPS) is 56.5. The molecule has 0 amide bonds. The van der Waals surface area contributed by atoms with Crippen LogP contribution in [0.1, 0.15) is 71.6 Å². The van der Waals surface area contributed by atoms with Gasteiger partial charge in [-0.15, -0.1) is 0 Å². The van der Waals surface area contributed by atoms with Gasteiger partial charge >= 0.3 is 0 Å². The molecule has 0 spiro atoms. The van der Waals surface area contributed by atoms with Crippen LogP contribution in [-0.2, 0) is 4.79 Å². The van der Waals surface area contributed by atoms with Crippen LogP contribution in [0.3, 0.4) is 0 Å². The average molecular weight is 353 g/mol. The van der Waals surface area contributed by atoms with Gasteiger partial charge in [0.2, 0.25) is 0 Å². The molecule has 0 bridgehead atoms. The van der Waals surface area contributed by atoms with E-state index in [1.54, 1.807) is 0 Å². The molecule has 0 N–H and O–H groups in total. The number of fused-ring (bicyclic) bond motifs is 5. The fraction of sp³-hybridized carbons (Fsp3) is 0.947. The monoisotopic (exact) mass is 352 g/mol. The third-order valence-electron chi connectivity index (χ3n) is 8.28. The van der Waals surface area contributed by atoms with Crippen molar-refractivity contribution in [2.45, 2.75) is 76.5 Å². The molecule has 4 saturated carbocycles. The minimum atomic E-state index is -0.00675. The standard InChI is InChI=1S/C19H29BrO/c1-18-9-4-3-5-12(18)6-7-13-14(18)8-10-19(2)15(13)11-16(20)17(19)21/h12-16H,3-11H2,1-2H3/t12-,13+,14-,15+,16-,18+,19+/m1/s1. The van der Waals surface area contributed by atoms with E-state index in [-0.39, 0.29) is 10.2 Å².